The molecule has 1 saturated carbocycles. The average molecular weight is 253 g/mol. The number of Topliss-reactive ketones (excluding diaryl/α,β-unsaturated/α-hetero) is 1. The average Bonchev–Trinajstić information content (AvgIpc) is 2.27. The second-order valence-corrected chi connectivity index (χ2v) is 6.35. The van der Waals surface area contributed by atoms with Gasteiger partial charge in [0.1, 0.15) is 11.4 Å². The van der Waals surface area contributed by atoms with Crippen molar-refractivity contribution in [3.8, 4) is 0 Å². The van der Waals surface area contributed by atoms with Crippen molar-refractivity contribution in [2.24, 2.45) is 5.92 Å². The Morgan fingerprint density at radius 2 is 1.94 bits per heavy atom. The second kappa shape index (κ2) is 4.90. The summed E-state index contributed by atoms with van der Waals surface area (Å²) in [6.07, 6.45) is 4.31. The van der Waals surface area contributed by atoms with Crippen LogP contribution in [-0.2, 0) is 9.53 Å². The van der Waals surface area contributed by atoms with Crippen LogP contribution in [0.2, 0.25) is 0 Å². The van der Waals surface area contributed by atoms with Crippen molar-refractivity contribution in [3.05, 3.63) is 0 Å². The number of likely N-dealkylation sites (tertiary alicyclic amines) is 1. The molecule has 0 N–H and O–H groups in total. The SMILES string of the molecule is CC(C)(C)OC(=O)N1CCC(=O)[C@H]2CCCC[C@@H]21. The second-order valence-electron chi connectivity index (χ2n) is 6.35. The zero-order valence-electron chi connectivity index (χ0n) is 11.6. The van der Waals surface area contributed by atoms with Gasteiger partial charge >= 0.3 is 6.09 Å². The molecule has 0 radical (unpaired) electrons. The topological polar surface area (TPSA) is 46.6 Å². The third-order valence-electron chi connectivity index (χ3n) is 3.77. The van der Waals surface area contributed by atoms with E-state index in [2.05, 4.69) is 0 Å². The van der Waals surface area contributed by atoms with E-state index in [1.54, 1.807) is 4.90 Å². The predicted molar refractivity (Wildman–Crippen MR) is 68.3 cm³/mol. The lowest BCUT2D eigenvalue weighted by molar-refractivity contribution is -0.130. The molecular formula is C14H23NO3. The van der Waals surface area contributed by atoms with Crippen molar-refractivity contribution in [1.82, 2.24) is 4.90 Å². The summed E-state index contributed by atoms with van der Waals surface area (Å²) in [6, 6.07) is 0.0786. The Hall–Kier alpha value is -1.06. The number of amides is 1. The minimum Gasteiger partial charge on any atom is -0.444 e. The van der Waals surface area contributed by atoms with E-state index in [1.165, 1.54) is 0 Å². The van der Waals surface area contributed by atoms with E-state index in [4.69, 9.17) is 4.74 Å². The van der Waals surface area contributed by atoms with Crippen molar-refractivity contribution in [2.75, 3.05) is 6.54 Å². The van der Waals surface area contributed by atoms with E-state index in [9.17, 15) is 9.59 Å². The molecule has 0 bridgehead atoms. The van der Waals surface area contributed by atoms with Crippen LogP contribution >= 0.6 is 0 Å². The number of hydrogen-bond acceptors (Lipinski definition) is 3. The van der Waals surface area contributed by atoms with Gasteiger partial charge in [-0.1, -0.05) is 12.8 Å². The van der Waals surface area contributed by atoms with Crippen molar-refractivity contribution in [3.63, 3.8) is 0 Å². The molecule has 0 unspecified atom stereocenters. The van der Waals surface area contributed by atoms with E-state index >= 15 is 0 Å². The largest absolute Gasteiger partial charge is 0.444 e. The fraction of sp³-hybridized carbons (Fsp3) is 0.857. The fourth-order valence-electron chi connectivity index (χ4n) is 2.99. The van der Waals surface area contributed by atoms with E-state index in [-0.39, 0.29) is 18.1 Å². The molecule has 2 rings (SSSR count). The molecule has 1 aliphatic carbocycles. The number of rotatable bonds is 0. The normalized spacial score (nSPS) is 28.8. The van der Waals surface area contributed by atoms with Crippen LogP contribution in [0.15, 0.2) is 0 Å². The first-order valence-corrected chi connectivity index (χ1v) is 6.91. The molecule has 4 nitrogen and oxygen atoms in total. The van der Waals surface area contributed by atoms with Crippen molar-refractivity contribution in [1.29, 1.82) is 0 Å². The van der Waals surface area contributed by atoms with Gasteiger partial charge in [-0.15, -0.1) is 0 Å². The maximum Gasteiger partial charge on any atom is 0.410 e. The van der Waals surface area contributed by atoms with Crippen LogP contribution in [0.3, 0.4) is 0 Å². The first-order chi connectivity index (χ1) is 8.38. The number of hydrogen-bond donors (Lipinski definition) is 0. The first-order valence-electron chi connectivity index (χ1n) is 6.91. The van der Waals surface area contributed by atoms with Crippen LogP contribution in [0, 0.1) is 5.92 Å². The van der Waals surface area contributed by atoms with Gasteiger partial charge in [0.15, 0.2) is 0 Å². The van der Waals surface area contributed by atoms with Gasteiger partial charge < -0.3 is 9.64 Å². The van der Waals surface area contributed by atoms with Gasteiger partial charge in [-0.2, -0.15) is 0 Å². The van der Waals surface area contributed by atoms with E-state index in [0.29, 0.717) is 18.7 Å². The number of ether oxygens (including phenoxy) is 1. The summed E-state index contributed by atoms with van der Waals surface area (Å²) in [5.74, 6) is 0.388. The van der Waals surface area contributed by atoms with Crippen molar-refractivity contribution in [2.45, 2.75) is 64.5 Å². The Morgan fingerprint density at radius 3 is 2.61 bits per heavy atom. The van der Waals surface area contributed by atoms with E-state index < -0.39 is 5.60 Å². The predicted octanol–water partition coefficient (Wildman–Crippen LogP) is 2.76. The van der Waals surface area contributed by atoms with Crippen molar-refractivity contribution >= 4 is 11.9 Å². The monoisotopic (exact) mass is 253 g/mol. The van der Waals surface area contributed by atoms with Crippen LogP contribution < -0.4 is 0 Å². The number of fused-ring (bicyclic) bond motifs is 1. The molecule has 18 heavy (non-hydrogen) atoms. The third-order valence-corrected chi connectivity index (χ3v) is 3.77. The first kappa shape index (κ1) is 13.4. The maximum absolute atomic E-state index is 12.2. The summed E-state index contributed by atoms with van der Waals surface area (Å²) in [5.41, 5.74) is -0.470. The summed E-state index contributed by atoms with van der Waals surface area (Å²) >= 11 is 0. The summed E-state index contributed by atoms with van der Waals surface area (Å²) in [5, 5.41) is 0. The molecule has 4 heteroatoms. The molecular weight excluding hydrogens is 230 g/mol. The maximum atomic E-state index is 12.2. The lowest BCUT2D eigenvalue weighted by Gasteiger charge is -2.43. The minimum atomic E-state index is -0.470. The molecule has 1 aliphatic heterocycles. The van der Waals surface area contributed by atoms with Gasteiger partial charge in [0.05, 0.1) is 0 Å². The van der Waals surface area contributed by atoms with Crippen LogP contribution in [-0.4, -0.2) is 35.0 Å². The lowest BCUT2D eigenvalue weighted by atomic mass is 9.78. The molecule has 102 valence electrons. The summed E-state index contributed by atoms with van der Waals surface area (Å²) in [7, 11) is 0. The Bertz CT molecular complexity index is 345. The third kappa shape index (κ3) is 2.85. The highest BCUT2D eigenvalue weighted by Crippen LogP contribution is 2.34. The number of carbonyl (C=O) groups excluding carboxylic acids is 2. The smallest absolute Gasteiger partial charge is 0.410 e. The van der Waals surface area contributed by atoms with Gasteiger partial charge in [-0.3, -0.25) is 4.79 Å². The van der Waals surface area contributed by atoms with Crippen molar-refractivity contribution < 1.29 is 14.3 Å². The molecule has 0 spiro atoms. The molecule has 0 aromatic carbocycles. The number of piperidine rings is 1. The van der Waals surface area contributed by atoms with Crippen LogP contribution in [0.5, 0.6) is 0 Å². The van der Waals surface area contributed by atoms with Crippen LogP contribution in [0.25, 0.3) is 0 Å². The number of carbonyl (C=O) groups is 2. The number of nitrogens with zero attached hydrogens (tertiary/aromatic N) is 1. The van der Waals surface area contributed by atoms with E-state index in [1.807, 2.05) is 20.8 Å². The zero-order valence-corrected chi connectivity index (χ0v) is 11.6. The Labute approximate surface area is 109 Å². The molecule has 2 fully saturated rings. The van der Waals surface area contributed by atoms with Gasteiger partial charge in [-0.05, 0) is 33.6 Å². The molecule has 0 aromatic rings. The Balaban J connectivity index is 2.08. The summed E-state index contributed by atoms with van der Waals surface area (Å²) < 4.78 is 5.44. The molecule has 2 aliphatic rings. The van der Waals surface area contributed by atoms with Gasteiger partial charge in [0.2, 0.25) is 0 Å². The van der Waals surface area contributed by atoms with Gasteiger partial charge in [0.25, 0.3) is 0 Å². The van der Waals surface area contributed by atoms with Crippen LogP contribution in [0.4, 0.5) is 4.79 Å². The quantitative estimate of drug-likeness (QED) is 0.667. The van der Waals surface area contributed by atoms with Crippen LogP contribution in [0.1, 0.15) is 52.9 Å². The molecule has 1 saturated heterocycles. The molecule has 0 aromatic heterocycles. The van der Waals surface area contributed by atoms with Gasteiger partial charge in [-0.25, -0.2) is 4.79 Å². The Morgan fingerprint density at radius 1 is 1.28 bits per heavy atom. The summed E-state index contributed by atoms with van der Waals surface area (Å²) in [6.45, 7) is 6.14. The van der Waals surface area contributed by atoms with Gasteiger partial charge in [0, 0.05) is 24.9 Å². The Kier molecular flexibility index (Phi) is 3.64. The molecule has 1 amide bonds. The lowest BCUT2D eigenvalue weighted by Crippen LogP contribution is -2.54. The standard InChI is InChI=1S/C14H23NO3/c1-14(2,3)18-13(17)15-9-8-12(16)10-6-4-5-7-11(10)15/h10-11H,4-9H2,1-3H3/t10-,11-/m0/s1. The summed E-state index contributed by atoms with van der Waals surface area (Å²) in [4.78, 5) is 25.9. The zero-order chi connectivity index (χ0) is 13.3. The van der Waals surface area contributed by atoms with E-state index in [0.717, 1.165) is 25.7 Å². The highest BCUT2D eigenvalue weighted by Gasteiger charge is 2.41. The molecule has 2 atom stereocenters. The molecule has 1 heterocycles. The highest BCUT2D eigenvalue weighted by atomic mass is 16.6. The minimum absolute atomic E-state index is 0.0556. The highest BCUT2D eigenvalue weighted by molar-refractivity contribution is 5.84. The number of ketones is 1. The fourth-order valence-corrected chi connectivity index (χ4v) is 2.99.